The highest BCUT2D eigenvalue weighted by molar-refractivity contribution is 7.89. The molecule has 0 radical (unpaired) electrons. The fourth-order valence-electron chi connectivity index (χ4n) is 4.69. The quantitative estimate of drug-likeness (QED) is 0.737. The third-order valence-electron chi connectivity index (χ3n) is 6.34. The van der Waals surface area contributed by atoms with Crippen LogP contribution in [-0.2, 0) is 14.8 Å². The maximum absolute atomic E-state index is 13.2. The minimum absolute atomic E-state index is 0.142. The maximum atomic E-state index is 13.2. The van der Waals surface area contributed by atoms with Crippen LogP contribution in [0.1, 0.15) is 38.5 Å². The molecule has 1 unspecified atom stereocenters. The van der Waals surface area contributed by atoms with E-state index in [1.165, 1.54) is 23.5 Å². The molecule has 0 bridgehead atoms. The Morgan fingerprint density at radius 1 is 1.06 bits per heavy atom. The summed E-state index contributed by atoms with van der Waals surface area (Å²) in [7, 11) is -2.28. The molecule has 2 heterocycles. The highest BCUT2D eigenvalue weighted by Crippen LogP contribution is 2.47. The summed E-state index contributed by atoms with van der Waals surface area (Å²) in [4.78, 5) is 13.2. The second kappa shape index (κ2) is 7.97. The maximum Gasteiger partial charge on any atom is 0.251 e. The summed E-state index contributed by atoms with van der Waals surface area (Å²) in [5.74, 6) is 0.934. The number of nitrogens with zero attached hydrogens (tertiary/aromatic N) is 1. The van der Waals surface area contributed by atoms with Gasteiger partial charge in [-0.3, -0.25) is 4.79 Å². The number of nitrogens with one attached hydrogen (secondary N) is 1. The zero-order valence-electron chi connectivity index (χ0n) is 17.9. The van der Waals surface area contributed by atoms with Crippen molar-refractivity contribution in [1.82, 2.24) is 4.31 Å². The predicted molar refractivity (Wildman–Crippen MR) is 117 cm³/mol. The van der Waals surface area contributed by atoms with Gasteiger partial charge in [0.15, 0.2) is 11.5 Å². The highest BCUT2D eigenvalue weighted by atomic mass is 32.2. The average Bonchev–Trinajstić information content (AvgIpc) is 3.53. The molecule has 32 heavy (non-hydrogen) atoms. The Morgan fingerprint density at radius 3 is 2.50 bits per heavy atom. The lowest BCUT2D eigenvalue weighted by molar-refractivity contribution is -0.119. The number of benzene rings is 2. The molecule has 170 valence electrons. The van der Waals surface area contributed by atoms with Crippen LogP contribution in [-0.4, -0.2) is 44.1 Å². The first-order valence-corrected chi connectivity index (χ1v) is 12.3. The van der Waals surface area contributed by atoms with Gasteiger partial charge in [-0.1, -0.05) is 0 Å². The summed E-state index contributed by atoms with van der Waals surface area (Å²) in [5, 5.41) is 2.86. The molecule has 2 fully saturated rings. The molecule has 3 aliphatic rings. The lowest BCUT2D eigenvalue weighted by atomic mass is 10.2. The Labute approximate surface area is 187 Å². The first-order valence-electron chi connectivity index (χ1n) is 10.9. The summed E-state index contributed by atoms with van der Waals surface area (Å²) in [6.07, 6.45) is 4.93. The van der Waals surface area contributed by atoms with Crippen molar-refractivity contribution >= 4 is 21.6 Å². The zero-order chi connectivity index (χ0) is 22.3. The number of anilines is 1. The normalized spacial score (nSPS) is 21.7. The van der Waals surface area contributed by atoms with Crippen molar-refractivity contribution in [2.24, 2.45) is 0 Å². The molecule has 1 saturated carbocycles. The summed E-state index contributed by atoms with van der Waals surface area (Å²) >= 11 is 0. The van der Waals surface area contributed by atoms with E-state index in [4.69, 9.17) is 14.2 Å². The van der Waals surface area contributed by atoms with Crippen LogP contribution < -0.4 is 19.5 Å². The summed E-state index contributed by atoms with van der Waals surface area (Å²) in [6.45, 7) is 0.302. The number of sulfonamides is 1. The Bertz CT molecular complexity index is 1130. The van der Waals surface area contributed by atoms with Crippen LogP contribution in [0.5, 0.6) is 17.2 Å². The van der Waals surface area contributed by atoms with Gasteiger partial charge in [-0.25, -0.2) is 8.42 Å². The molecular formula is C23H26N2O6S. The van der Waals surface area contributed by atoms with Gasteiger partial charge < -0.3 is 19.5 Å². The number of carbonyl (C=O) groups excluding carboxylic acids is 1. The van der Waals surface area contributed by atoms with Crippen LogP contribution in [0, 0.1) is 0 Å². The van der Waals surface area contributed by atoms with Crippen LogP contribution >= 0.6 is 0 Å². The topological polar surface area (TPSA) is 94.2 Å². The molecule has 1 atom stereocenters. The van der Waals surface area contributed by atoms with Gasteiger partial charge in [0.2, 0.25) is 15.9 Å². The van der Waals surface area contributed by atoms with Gasteiger partial charge in [-0.2, -0.15) is 4.31 Å². The van der Waals surface area contributed by atoms with E-state index in [0.717, 1.165) is 25.7 Å². The molecular weight excluding hydrogens is 432 g/mol. The van der Waals surface area contributed by atoms with E-state index < -0.39 is 21.9 Å². The number of fused-ring (bicyclic) bond motifs is 1. The molecule has 1 N–H and O–H groups in total. The van der Waals surface area contributed by atoms with Crippen molar-refractivity contribution in [3.05, 3.63) is 42.5 Å². The van der Waals surface area contributed by atoms with E-state index in [0.29, 0.717) is 42.3 Å². The van der Waals surface area contributed by atoms with Crippen molar-refractivity contribution in [2.45, 2.75) is 55.2 Å². The van der Waals surface area contributed by atoms with Gasteiger partial charge in [-0.05, 0) is 62.1 Å². The summed E-state index contributed by atoms with van der Waals surface area (Å²) in [5.41, 5.74) is 0.557. The zero-order valence-corrected chi connectivity index (χ0v) is 18.7. The summed E-state index contributed by atoms with van der Waals surface area (Å²) in [6, 6.07) is 10.7. The molecule has 1 saturated heterocycles. The van der Waals surface area contributed by atoms with Gasteiger partial charge in [0.05, 0.1) is 12.0 Å². The monoisotopic (exact) mass is 458 g/mol. The number of rotatable bonds is 5. The third-order valence-corrected chi connectivity index (χ3v) is 8.26. The second-order valence-electron chi connectivity index (χ2n) is 8.42. The van der Waals surface area contributed by atoms with Crippen molar-refractivity contribution in [1.29, 1.82) is 0 Å². The van der Waals surface area contributed by atoms with Crippen LogP contribution in [0.4, 0.5) is 5.69 Å². The smallest absolute Gasteiger partial charge is 0.251 e. The van der Waals surface area contributed by atoms with Crippen LogP contribution in [0.25, 0.3) is 0 Å². The first-order chi connectivity index (χ1) is 15.4. The van der Waals surface area contributed by atoms with Crippen LogP contribution in [0.15, 0.2) is 47.4 Å². The Kier molecular flexibility index (Phi) is 5.25. The molecule has 9 heteroatoms. The van der Waals surface area contributed by atoms with E-state index in [-0.39, 0.29) is 10.8 Å². The van der Waals surface area contributed by atoms with E-state index in [1.807, 2.05) is 0 Å². The van der Waals surface area contributed by atoms with E-state index in [9.17, 15) is 13.2 Å². The molecule has 8 nitrogen and oxygen atoms in total. The van der Waals surface area contributed by atoms with E-state index in [2.05, 4.69) is 5.32 Å². The molecule has 2 aromatic carbocycles. The van der Waals surface area contributed by atoms with Gasteiger partial charge in [0, 0.05) is 31.1 Å². The Morgan fingerprint density at radius 2 is 1.78 bits per heavy atom. The minimum atomic E-state index is -3.80. The fourth-order valence-corrected chi connectivity index (χ4v) is 6.34. The number of ether oxygens (including phenoxy) is 3. The van der Waals surface area contributed by atoms with Crippen molar-refractivity contribution in [3.63, 3.8) is 0 Å². The summed E-state index contributed by atoms with van der Waals surface area (Å²) < 4.78 is 44.8. The SMILES string of the molecule is COc1ccc(S(=O)(=O)N2CCCC2C(=O)Nc2ccc3c(c2)OC2(CCCC2)O3)cc1. The van der Waals surface area contributed by atoms with Crippen molar-refractivity contribution in [3.8, 4) is 17.2 Å². The van der Waals surface area contributed by atoms with Gasteiger partial charge in [0.1, 0.15) is 11.8 Å². The standard InChI is InChI=1S/C23H26N2O6S/c1-29-17-7-9-18(10-8-17)32(27,28)25-14-4-5-19(25)22(26)24-16-6-11-20-21(15-16)31-23(30-20)12-2-3-13-23/h6-11,15,19H,2-5,12-14H2,1H3,(H,24,26). The largest absolute Gasteiger partial charge is 0.497 e. The number of hydrogen-bond acceptors (Lipinski definition) is 6. The van der Waals surface area contributed by atoms with Gasteiger partial charge >= 0.3 is 0 Å². The number of methoxy groups -OCH3 is 1. The van der Waals surface area contributed by atoms with Crippen LogP contribution in [0.3, 0.4) is 0 Å². The van der Waals surface area contributed by atoms with Gasteiger partial charge in [0.25, 0.3) is 5.79 Å². The Hall–Kier alpha value is -2.78. The van der Waals surface area contributed by atoms with Crippen LogP contribution in [0.2, 0.25) is 0 Å². The van der Waals surface area contributed by atoms with Gasteiger partial charge in [-0.15, -0.1) is 0 Å². The number of carbonyl (C=O) groups is 1. The molecule has 0 aromatic heterocycles. The Balaban J connectivity index is 1.31. The average molecular weight is 459 g/mol. The van der Waals surface area contributed by atoms with Crippen molar-refractivity contribution < 1.29 is 27.4 Å². The molecule has 1 amide bonds. The molecule has 2 aromatic rings. The van der Waals surface area contributed by atoms with Crippen molar-refractivity contribution in [2.75, 3.05) is 19.0 Å². The molecule has 1 aliphatic carbocycles. The number of hydrogen-bond donors (Lipinski definition) is 1. The van der Waals surface area contributed by atoms with E-state index in [1.54, 1.807) is 30.3 Å². The lowest BCUT2D eigenvalue weighted by Gasteiger charge is -2.23. The predicted octanol–water partition coefficient (Wildman–Crippen LogP) is 3.53. The minimum Gasteiger partial charge on any atom is -0.497 e. The number of amides is 1. The molecule has 5 rings (SSSR count). The lowest BCUT2D eigenvalue weighted by Crippen LogP contribution is -2.43. The fraction of sp³-hybridized carbons (Fsp3) is 0.435. The molecule has 1 spiro atoms. The first kappa shape index (κ1) is 21.1. The highest BCUT2D eigenvalue weighted by Gasteiger charge is 2.44. The van der Waals surface area contributed by atoms with E-state index >= 15 is 0 Å². The second-order valence-corrected chi connectivity index (χ2v) is 10.3. The molecule has 2 aliphatic heterocycles. The third kappa shape index (κ3) is 3.69.